The summed E-state index contributed by atoms with van der Waals surface area (Å²) in [5.74, 6) is -1.71. The molecule has 12 heteroatoms. The maximum atomic E-state index is 14.9. The molecule has 2 aromatic carbocycles. The molecule has 0 unspecified atom stereocenters. The number of sulfonamides is 1. The zero-order valence-electron chi connectivity index (χ0n) is 21.2. The van der Waals surface area contributed by atoms with Crippen molar-refractivity contribution in [1.29, 1.82) is 0 Å². The lowest BCUT2D eigenvalue weighted by atomic mass is 10.0. The Kier molecular flexibility index (Phi) is 6.59. The van der Waals surface area contributed by atoms with E-state index < -0.39 is 37.5 Å². The number of benzene rings is 2. The number of carbonyl (C=O) groups is 1. The zero-order valence-corrected chi connectivity index (χ0v) is 22.0. The molecule has 4 aromatic rings. The number of aromatic amines is 1. The third-order valence-electron chi connectivity index (χ3n) is 6.84. The van der Waals surface area contributed by atoms with E-state index in [1.807, 2.05) is 13.0 Å². The van der Waals surface area contributed by atoms with Crippen molar-refractivity contribution in [2.45, 2.75) is 44.9 Å². The maximum Gasteiger partial charge on any atom is 0.282 e. The first kappa shape index (κ1) is 26.3. The standard InChI is InChI=1S/C27H25FN4O6S/c1-3-16-5-11-23-21(12-16)24(20-9-4-15(2)29-26(20)33)25(27(34)30-39(37,38)19-7-8-19)31(23)14-17-13-18(32(35)36)6-10-22(17)28/h4-6,9-13,19H,3,7-8,14H2,1-2H3,(H,29,33)(H,30,34). The summed E-state index contributed by atoms with van der Waals surface area (Å²) in [6, 6.07) is 11.6. The smallest absolute Gasteiger partial charge is 0.282 e. The first-order valence-corrected chi connectivity index (χ1v) is 13.9. The molecule has 0 bridgehead atoms. The summed E-state index contributed by atoms with van der Waals surface area (Å²) in [5.41, 5.74) is 1.16. The summed E-state index contributed by atoms with van der Waals surface area (Å²) in [7, 11) is -3.98. The Morgan fingerprint density at radius 2 is 1.92 bits per heavy atom. The lowest BCUT2D eigenvalue weighted by molar-refractivity contribution is -0.385. The normalized spacial score (nSPS) is 13.5. The molecule has 1 aliphatic rings. The molecule has 1 amide bonds. The van der Waals surface area contributed by atoms with Gasteiger partial charge in [-0.25, -0.2) is 17.5 Å². The highest BCUT2D eigenvalue weighted by molar-refractivity contribution is 7.91. The second-order valence-electron chi connectivity index (χ2n) is 9.61. The minimum absolute atomic E-state index is 0.0795. The first-order chi connectivity index (χ1) is 18.5. The summed E-state index contributed by atoms with van der Waals surface area (Å²) in [6.45, 7) is 3.31. The summed E-state index contributed by atoms with van der Waals surface area (Å²) in [4.78, 5) is 40.3. The number of hydrogen-bond acceptors (Lipinski definition) is 6. The molecule has 10 nitrogen and oxygen atoms in total. The predicted octanol–water partition coefficient (Wildman–Crippen LogP) is 4.19. The average molecular weight is 553 g/mol. The van der Waals surface area contributed by atoms with Crippen LogP contribution in [-0.2, 0) is 23.0 Å². The zero-order chi connectivity index (χ0) is 28.1. The Morgan fingerprint density at radius 1 is 1.18 bits per heavy atom. The van der Waals surface area contributed by atoms with Crippen molar-refractivity contribution in [3.05, 3.63) is 97.3 Å². The van der Waals surface area contributed by atoms with Gasteiger partial charge in [0.15, 0.2) is 0 Å². The van der Waals surface area contributed by atoms with E-state index in [4.69, 9.17) is 0 Å². The molecule has 202 valence electrons. The predicted molar refractivity (Wildman–Crippen MR) is 144 cm³/mol. The summed E-state index contributed by atoms with van der Waals surface area (Å²) in [5, 5.41) is 11.2. The van der Waals surface area contributed by atoms with Gasteiger partial charge in [-0.05, 0) is 62.1 Å². The van der Waals surface area contributed by atoms with Crippen LogP contribution in [0.5, 0.6) is 0 Å². The van der Waals surface area contributed by atoms with Gasteiger partial charge in [0, 0.05) is 45.4 Å². The van der Waals surface area contributed by atoms with Crippen molar-refractivity contribution in [3.63, 3.8) is 0 Å². The number of nitrogens with zero attached hydrogens (tertiary/aromatic N) is 2. The fraction of sp³-hybridized carbons (Fsp3) is 0.259. The second-order valence-corrected chi connectivity index (χ2v) is 11.6. The van der Waals surface area contributed by atoms with Crippen molar-refractivity contribution in [2.24, 2.45) is 0 Å². The van der Waals surface area contributed by atoms with Crippen LogP contribution in [0, 0.1) is 22.9 Å². The quantitative estimate of drug-likeness (QED) is 0.248. The summed E-state index contributed by atoms with van der Waals surface area (Å²) >= 11 is 0. The topological polar surface area (TPSA) is 144 Å². The van der Waals surface area contributed by atoms with E-state index in [0.717, 1.165) is 23.8 Å². The molecule has 39 heavy (non-hydrogen) atoms. The number of halogens is 1. The number of rotatable bonds is 8. The number of non-ortho nitro benzene ring substituents is 1. The van der Waals surface area contributed by atoms with Crippen molar-refractivity contribution < 1.29 is 22.5 Å². The number of aryl methyl sites for hydroxylation is 2. The van der Waals surface area contributed by atoms with Crippen LogP contribution < -0.4 is 10.3 Å². The van der Waals surface area contributed by atoms with Gasteiger partial charge in [-0.2, -0.15) is 0 Å². The number of fused-ring (bicyclic) bond motifs is 1. The number of pyridine rings is 1. The fourth-order valence-corrected chi connectivity index (χ4v) is 5.95. The number of nitro benzene ring substituents is 1. The van der Waals surface area contributed by atoms with Crippen LogP contribution in [0.3, 0.4) is 0 Å². The minimum atomic E-state index is -3.98. The molecular weight excluding hydrogens is 527 g/mol. The molecule has 0 radical (unpaired) electrons. The lowest BCUT2D eigenvalue weighted by Gasteiger charge is -2.14. The van der Waals surface area contributed by atoms with E-state index >= 15 is 0 Å². The van der Waals surface area contributed by atoms with Crippen LogP contribution in [0.2, 0.25) is 0 Å². The van der Waals surface area contributed by atoms with Crippen LogP contribution in [0.1, 0.15) is 47.1 Å². The number of nitrogens with one attached hydrogen (secondary N) is 2. The van der Waals surface area contributed by atoms with Crippen LogP contribution in [0.4, 0.5) is 10.1 Å². The second kappa shape index (κ2) is 9.77. The molecule has 0 aliphatic heterocycles. The molecule has 0 spiro atoms. The van der Waals surface area contributed by atoms with Crippen LogP contribution >= 0.6 is 0 Å². The molecule has 2 aromatic heterocycles. The van der Waals surface area contributed by atoms with E-state index in [-0.39, 0.29) is 34.6 Å². The molecule has 1 aliphatic carbocycles. The van der Waals surface area contributed by atoms with E-state index in [1.54, 1.807) is 31.2 Å². The number of amides is 1. The number of H-pyrrole nitrogens is 1. The van der Waals surface area contributed by atoms with Gasteiger partial charge >= 0.3 is 0 Å². The van der Waals surface area contributed by atoms with Crippen LogP contribution in [0.25, 0.3) is 22.0 Å². The average Bonchev–Trinajstić information content (AvgIpc) is 3.70. The molecule has 2 heterocycles. The van der Waals surface area contributed by atoms with Gasteiger partial charge in [0.05, 0.1) is 16.7 Å². The van der Waals surface area contributed by atoms with Crippen LogP contribution in [0.15, 0.2) is 53.3 Å². The highest BCUT2D eigenvalue weighted by atomic mass is 32.2. The van der Waals surface area contributed by atoms with Crippen molar-refractivity contribution in [2.75, 3.05) is 0 Å². The Bertz CT molecular complexity index is 1820. The molecule has 1 fully saturated rings. The van der Waals surface area contributed by atoms with Gasteiger partial charge in [0.2, 0.25) is 10.0 Å². The van der Waals surface area contributed by atoms with Crippen molar-refractivity contribution >= 4 is 32.5 Å². The third-order valence-corrected chi connectivity index (χ3v) is 8.66. The third kappa shape index (κ3) is 4.94. The van der Waals surface area contributed by atoms with Gasteiger partial charge < -0.3 is 9.55 Å². The van der Waals surface area contributed by atoms with Gasteiger partial charge in [-0.15, -0.1) is 0 Å². The monoisotopic (exact) mass is 552 g/mol. The van der Waals surface area contributed by atoms with Gasteiger partial charge in [0.1, 0.15) is 11.5 Å². The molecule has 1 saturated carbocycles. The molecule has 2 N–H and O–H groups in total. The van der Waals surface area contributed by atoms with Crippen molar-refractivity contribution in [3.8, 4) is 11.1 Å². The molecule has 0 atom stereocenters. The van der Waals surface area contributed by atoms with E-state index in [2.05, 4.69) is 9.71 Å². The Hall–Kier alpha value is -4.32. The molecular formula is C27H25FN4O6S. The summed E-state index contributed by atoms with van der Waals surface area (Å²) in [6.07, 6.45) is 1.49. The highest BCUT2D eigenvalue weighted by Crippen LogP contribution is 2.36. The Morgan fingerprint density at radius 3 is 2.56 bits per heavy atom. The van der Waals surface area contributed by atoms with E-state index in [0.29, 0.717) is 35.9 Å². The maximum absolute atomic E-state index is 14.9. The summed E-state index contributed by atoms with van der Waals surface area (Å²) < 4.78 is 43.9. The number of nitro groups is 1. The Balaban J connectivity index is 1.82. The Labute approximate surface area is 222 Å². The van der Waals surface area contributed by atoms with Crippen molar-refractivity contribution in [1.82, 2.24) is 14.3 Å². The number of aromatic nitrogens is 2. The van der Waals surface area contributed by atoms with E-state index in [9.17, 15) is 32.5 Å². The van der Waals surface area contributed by atoms with Crippen LogP contribution in [-0.4, -0.2) is 34.0 Å². The number of hydrogen-bond donors (Lipinski definition) is 2. The molecule has 5 rings (SSSR count). The first-order valence-electron chi connectivity index (χ1n) is 12.3. The molecule has 0 saturated heterocycles. The van der Waals surface area contributed by atoms with Gasteiger partial charge in [-0.1, -0.05) is 13.0 Å². The minimum Gasteiger partial charge on any atom is -0.331 e. The SMILES string of the molecule is CCc1ccc2c(c1)c(-c1ccc(C)[nH]c1=O)c(C(=O)NS(=O)(=O)C1CC1)n2Cc1cc([N+](=O)[O-])ccc1F. The van der Waals surface area contributed by atoms with E-state index in [1.165, 1.54) is 4.57 Å². The van der Waals surface area contributed by atoms with Gasteiger partial charge in [0.25, 0.3) is 17.2 Å². The number of carbonyl (C=O) groups excluding carboxylic acids is 1. The van der Waals surface area contributed by atoms with Gasteiger partial charge in [-0.3, -0.25) is 19.7 Å². The lowest BCUT2D eigenvalue weighted by Crippen LogP contribution is -2.35. The largest absolute Gasteiger partial charge is 0.331 e. The highest BCUT2D eigenvalue weighted by Gasteiger charge is 2.38. The fourth-order valence-electron chi connectivity index (χ4n) is 4.67.